The van der Waals surface area contributed by atoms with Crippen molar-refractivity contribution >= 4 is 17.4 Å². The van der Waals surface area contributed by atoms with Gasteiger partial charge in [-0.25, -0.2) is 4.98 Å². The van der Waals surface area contributed by atoms with Crippen molar-refractivity contribution in [2.75, 3.05) is 18.0 Å². The van der Waals surface area contributed by atoms with Crippen molar-refractivity contribution < 1.29 is 5.11 Å². The summed E-state index contributed by atoms with van der Waals surface area (Å²) >= 11 is 6.03. The fourth-order valence-electron chi connectivity index (χ4n) is 1.67. The van der Waals surface area contributed by atoms with E-state index in [1.54, 1.807) is 12.3 Å². The Morgan fingerprint density at radius 1 is 1.67 bits per heavy atom. The number of pyridine rings is 1. The molecule has 78 valence electrons. The molecular formula is C10H10ClN3O. The van der Waals surface area contributed by atoms with Crippen molar-refractivity contribution in [2.45, 2.75) is 12.5 Å². The van der Waals surface area contributed by atoms with Crippen LogP contribution in [0, 0.1) is 11.3 Å². The van der Waals surface area contributed by atoms with Gasteiger partial charge in [0.25, 0.3) is 0 Å². The minimum Gasteiger partial charge on any atom is -0.391 e. The molecule has 1 N–H and O–H groups in total. The van der Waals surface area contributed by atoms with Crippen molar-refractivity contribution in [1.82, 2.24) is 4.98 Å². The molecule has 0 aromatic carbocycles. The Morgan fingerprint density at radius 2 is 2.47 bits per heavy atom. The van der Waals surface area contributed by atoms with Crippen molar-refractivity contribution in [2.24, 2.45) is 0 Å². The molecule has 1 atom stereocenters. The molecule has 0 amide bonds. The maximum Gasteiger partial charge on any atom is 0.148 e. The maximum atomic E-state index is 9.40. The number of aliphatic hydroxyl groups excluding tert-OH is 1. The number of aromatic nitrogens is 1. The van der Waals surface area contributed by atoms with Crippen LogP contribution in [-0.2, 0) is 0 Å². The Bertz CT molecular complexity index is 416. The molecule has 0 radical (unpaired) electrons. The predicted molar refractivity (Wildman–Crippen MR) is 56.8 cm³/mol. The summed E-state index contributed by atoms with van der Waals surface area (Å²) in [5, 5.41) is 18.6. The van der Waals surface area contributed by atoms with Crippen molar-refractivity contribution in [3.05, 3.63) is 22.8 Å². The van der Waals surface area contributed by atoms with Crippen LogP contribution in [0.2, 0.25) is 5.02 Å². The summed E-state index contributed by atoms with van der Waals surface area (Å²) in [6.07, 6.45) is 1.95. The molecule has 1 saturated heterocycles. The Morgan fingerprint density at radius 3 is 3.07 bits per heavy atom. The van der Waals surface area contributed by atoms with Gasteiger partial charge in [0, 0.05) is 19.3 Å². The number of rotatable bonds is 1. The third-order valence-electron chi connectivity index (χ3n) is 2.45. The fraction of sp³-hybridized carbons (Fsp3) is 0.400. The Balaban J connectivity index is 2.33. The lowest BCUT2D eigenvalue weighted by Crippen LogP contribution is -2.22. The van der Waals surface area contributed by atoms with Gasteiger partial charge in [-0.1, -0.05) is 11.6 Å². The van der Waals surface area contributed by atoms with Crippen molar-refractivity contribution in [3.8, 4) is 6.07 Å². The zero-order chi connectivity index (χ0) is 10.8. The third-order valence-corrected chi connectivity index (χ3v) is 2.83. The van der Waals surface area contributed by atoms with Crippen LogP contribution in [0.1, 0.15) is 12.0 Å². The number of aliphatic hydroxyl groups is 1. The summed E-state index contributed by atoms with van der Waals surface area (Å²) in [5.74, 6) is 0.590. The van der Waals surface area contributed by atoms with E-state index in [1.165, 1.54) is 0 Å². The third kappa shape index (κ3) is 1.89. The summed E-state index contributed by atoms with van der Waals surface area (Å²) in [6.45, 7) is 1.25. The zero-order valence-corrected chi connectivity index (χ0v) is 8.78. The lowest BCUT2D eigenvalue weighted by molar-refractivity contribution is 0.198. The molecule has 0 unspecified atom stereocenters. The average molecular weight is 224 g/mol. The molecule has 0 aliphatic carbocycles. The largest absolute Gasteiger partial charge is 0.391 e. The Kier molecular flexibility index (Phi) is 2.76. The number of halogens is 1. The van der Waals surface area contributed by atoms with Gasteiger partial charge in [-0.3, -0.25) is 0 Å². The normalized spacial score (nSPS) is 20.3. The molecule has 2 rings (SSSR count). The van der Waals surface area contributed by atoms with Gasteiger partial charge in [0.15, 0.2) is 0 Å². The second kappa shape index (κ2) is 4.05. The molecular weight excluding hydrogens is 214 g/mol. The second-order valence-corrected chi connectivity index (χ2v) is 3.87. The van der Waals surface area contributed by atoms with E-state index in [-0.39, 0.29) is 6.10 Å². The van der Waals surface area contributed by atoms with Crippen molar-refractivity contribution in [3.63, 3.8) is 0 Å². The van der Waals surface area contributed by atoms with E-state index in [9.17, 15) is 5.11 Å². The number of nitrogens with zero attached hydrogens (tertiary/aromatic N) is 3. The first-order chi connectivity index (χ1) is 7.22. The summed E-state index contributed by atoms with van der Waals surface area (Å²) < 4.78 is 0. The smallest absolute Gasteiger partial charge is 0.148 e. The summed E-state index contributed by atoms with van der Waals surface area (Å²) in [5.41, 5.74) is 0.419. The van der Waals surface area contributed by atoms with Gasteiger partial charge in [-0.05, 0) is 12.5 Å². The van der Waals surface area contributed by atoms with Crippen LogP contribution in [0.5, 0.6) is 0 Å². The van der Waals surface area contributed by atoms with Crippen LogP contribution in [-0.4, -0.2) is 29.3 Å². The summed E-state index contributed by atoms with van der Waals surface area (Å²) in [4.78, 5) is 6.03. The quantitative estimate of drug-likeness (QED) is 0.777. The van der Waals surface area contributed by atoms with Crippen LogP contribution in [0.15, 0.2) is 12.3 Å². The van der Waals surface area contributed by atoms with Crippen LogP contribution in [0.4, 0.5) is 5.82 Å². The zero-order valence-electron chi connectivity index (χ0n) is 8.02. The van der Waals surface area contributed by atoms with Gasteiger partial charge in [-0.15, -0.1) is 0 Å². The van der Waals surface area contributed by atoms with E-state index >= 15 is 0 Å². The highest BCUT2D eigenvalue weighted by molar-refractivity contribution is 6.34. The van der Waals surface area contributed by atoms with Gasteiger partial charge in [0.05, 0.1) is 11.7 Å². The topological polar surface area (TPSA) is 60.2 Å². The number of hydrogen-bond donors (Lipinski definition) is 1. The van der Waals surface area contributed by atoms with Crippen LogP contribution in [0.3, 0.4) is 0 Å². The highest BCUT2D eigenvalue weighted by atomic mass is 35.5. The van der Waals surface area contributed by atoms with E-state index in [0.29, 0.717) is 22.9 Å². The van der Waals surface area contributed by atoms with Gasteiger partial charge in [-0.2, -0.15) is 5.26 Å². The SMILES string of the molecule is N#Cc1ccnc(N2CC[C@H](O)C2)c1Cl. The molecule has 0 bridgehead atoms. The summed E-state index contributed by atoms with van der Waals surface area (Å²) in [6, 6.07) is 3.59. The van der Waals surface area contributed by atoms with Gasteiger partial charge in [0.2, 0.25) is 0 Å². The molecule has 15 heavy (non-hydrogen) atoms. The van der Waals surface area contributed by atoms with Crippen LogP contribution >= 0.6 is 11.6 Å². The molecule has 1 aliphatic heterocycles. The van der Waals surface area contributed by atoms with Gasteiger partial charge in [0.1, 0.15) is 16.9 Å². The lowest BCUT2D eigenvalue weighted by Gasteiger charge is -2.17. The van der Waals surface area contributed by atoms with Crippen LogP contribution in [0.25, 0.3) is 0 Å². The Labute approximate surface area is 92.7 Å². The minimum absolute atomic E-state index is 0.325. The van der Waals surface area contributed by atoms with Gasteiger partial charge < -0.3 is 10.0 Å². The predicted octanol–water partition coefficient (Wildman–Crippen LogP) is 1.18. The van der Waals surface area contributed by atoms with E-state index in [2.05, 4.69) is 4.98 Å². The second-order valence-electron chi connectivity index (χ2n) is 3.50. The van der Waals surface area contributed by atoms with Gasteiger partial charge >= 0.3 is 0 Å². The number of hydrogen-bond acceptors (Lipinski definition) is 4. The molecule has 0 saturated carbocycles. The maximum absolute atomic E-state index is 9.40. The number of nitriles is 1. The molecule has 0 spiro atoms. The molecule has 5 heteroatoms. The summed E-state index contributed by atoms with van der Waals surface area (Å²) in [7, 11) is 0. The van der Waals surface area contributed by atoms with E-state index < -0.39 is 0 Å². The molecule has 1 fully saturated rings. The number of anilines is 1. The molecule has 4 nitrogen and oxygen atoms in total. The standard InChI is InChI=1S/C10H10ClN3O/c11-9-7(5-12)1-3-13-10(9)14-4-2-8(15)6-14/h1,3,8,15H,2,4,6H2/t8-/m0/s1. The van der Waals surface area contributed by atoms with E-state index in [4.69, 9.17) is 16.9 Å². The highest BCUT2D eigenvalue weighted by Gasteiger charge is 2.23. The molecule has 1 aromatic heterocycles. The van der Waals surface area contributed by atoms with Crippen LogP contribution < -0.4 is 4.90 Å². The monoisotopic (exact) mass is 223 g/mol. The number of β-amino-alcohol motifs (C(OH)–C–C–N with tert-alkyl or cyclic N) is 1. The van der Waals surface area contributed by atoms with E-state index in [0.717, 1.165) is 13.0 Å². The minimum atomic E-state index is -0.325. The average Bonchev–Trinajstić information content (AvgIpc) is 2.65. The Hall–Kier alpha value is -1.31. The molecule has 1 aliphatic rings. The molecule has 1 aromatic rings. The fourth-order valence-corrected chi connectivity index (χ4v) is 1.95. The highest BCUT2D eigenvalue weighted by Crippen LogP contribution is 2.28. The van der Waals surface area contributed by atoms with E-state index in [1.807, 2.05) is 11.0 Å². The molecule has 2 heterocycles. The van der Waals surface area contributed by atoms with Crippen molar-refractivity contribution in [1.29, 1.82) is 5.26 Å². The lowest BCUT2D eigenvalue weighted by atomic mass is 10.3. The first kappa shape index (κ1) is 10.2. The first-order valence-corrected chi connectivity index (χ1v) is 5.08. The first-order valence-electron chi connectivity index (χ1n) is 4.70.